The van der Waals surface area contributed by atoms with E-state index in [9.17, 15) is 19.2 Å². The van der Waals surface area contributed by atoms with Gasteiger partial charge in [0.1, 0.15) is 36.3 Å². The number of benzene rings is 1. The van der Waals surface area contributed by atoms with Crippen LogP contribution in [0.15, 0.2) is 54.1 Å². The largest absolute Gasteiger partial charge is 0.447 e. The van der Waals surface area contributed by atoms with Crippen molar-refractivity contribution in [3.8, 4) is 0 Å². The molecule has 0 bridgehead atoms. The van der Waals surface area contributed by atoms with Crippen molar-refractivity contribution in [1.29, 1.82) is 0 Å². The van der Waals surface area contributed by atoms with E-state index >= 15 is 0 Å². The minimum absolute atomic E-state index is 0.132. The number of ether oxygens (including phenoxy) is 2. The van der Waals surface area contributed by atoms with E-state index in [2.05, 4.69) is 50.1 Å². The van der Waals surface area contributed by atoms with Crippen molar-refractivity contribution in [2.75, 3.05) is 48.4 Å². The highest BCUT2D eigenvalue weighted by molar-refractivity contribution is 7.99. The molecule has 252 valence electrons. The molecule has 3 atom stereocenters. The molecule has 2 fully saturated rings. The van der Waals surface area contributed by atoms with Gasteiger partial charge in [0.25, 0.3) is 0 Å². The van der Waals surface area contributed by atoms with Gasteiger partial charge in [0.05, 0.1) is 12.1 Å². The van der Waals surface area contributed by atoms with Crippen LogP contribution in [0, 0.1) is 5.92 Å². The topological polar surface area (TPSA) is 169 Å². The third-order valence-corrected chi connectivity index (χ3v) is 10.6. The number of amides is 4. The van der Waals surface area contributed by atoms with E-state index in [1.54, 1.807) is 11.8 Å². The first-order valence-electron chi connectivity index (χ1n) is 15.4. The highest BCUT2D eigenvalue weighted by Gasteiger charge is 2.37. The van der Waals surface area contributed by atoms with E-state index in [0.717, 1.165) is 39.1 Å². The molecule has 1 aliphatic carbocycles. The van der Waals surface area contributed by atoms with Crippen molar-refractivity contribution in [1.82, 2.24) is 30.2 Å². The summed E-state index contributed by atoms with van der Waals surface area (Å²) in [6.45, 7) is 2.25. The number of aryl methyl sites for hydroxylation is 2. The highest BCUT2D eigenvalue weighted by atomic mass is 32.2. The maximum atomic E-state index is 12.8. The molecule has 48 heavy (non-hydrogen) atoms. The minimum atomic E-state index is -0.525. The molecular weight excluding hydrogens is 677 g/mol. The number of allylic oxidation sites excluding steroid dienone is 2. The number of carbonyl (C=O) groups is 4. The van der Waals surface area contributed by atoms with Gasteiger partial charge in [-0.15, -0.1) is 20.4 Å². The molecule has 0 radical (unpaired) electrons. The SMILES string of the molecule is CC1C=C([C@H]2COC(=O)N2CC(=O)Nc2nnc(CCSCCc3nnc(NC(=O)CN4C(=O)OC[C@@H]4c4ccccc4)s3)s2)C=CC1. The third kappa shape index (κ3) is 8.56. The smallest absolute Gasteiger partial charge is 0.410 e. The number of rotatable bonds is 14. The Labute approximate surface area is 289 Å². The minimum Gasteiger partial charge on any atom is -0.447 e. The van der Waals surface area contributed by atoms with Crippen LogP contribution in [0.5, 0.6) is 0 Å². The summed E-state index contributed by atoms with van der Waals surface area (Å²) >= 11 is 4.32. The van der Waals surface area contributed by atoms with Gasteiger partial charge in [0.15, 0.2) is 0 Å². The lowest BCUT2D eigenvalue weighted by atomic mass is 9.93. The van der Waals surface area contributed by atoms with E-state index in [0.29, 0.717) is 29.0 Å². The lowest BCUT2D eigenvalue weighted by molar-refractivity contribution is -0.117. The molecule has 4 heterocycles. The van der Waals surface area contributed by atoms with E-state index in [1.165, 1.54) is 32.5 Å². The van der Waals surface area contributed by atoms with Gasteiger partial charge in [0, 0.05) is 12.8 Å². The summed E-state index contributed by atoms with van der Waals surface area (Å²) < 4.78 is 10.4. The third-order valence-electron chi connectivity index (χ3n) is 7.79. The van der Waals surface area contributed by atoms with Crippen LogP contribution in [0.1, 0.15) is 35.0 Å². The first-order chi connectivity index (χ1) is 23.3. The number of cyclic esters (lactones) is 2. The van der Waals surface area contributed by atoms with Crippen LogP contribution >= 0.6 is 34.4 Å². The van der Waals surface area contributed by atoms with Gasteiger partial charge in [-0.25, -0.2) is 9.59 Å². The summed E-state index contributed by atoms with van der Waals surface area (Å²) in [7, 11) is 0. The molecule has 0 spiro atoms. The number of hydrogen-bond donors (Lipinski definition) is 2. The Bertz CT molecular complexity index is 1700. The predicted molar refractivity (Wildman–Crippen MR) is 182 cm³/mol. The summed E-state index contributed by atoms with van der Waals surface area (Å²) in [5.41, 5.74) is 1.89. The maximum Gasteiger partial charge on any atom is 0.410 e. The Morgan fingerprint density at radius 3 is 2.00 bits per heavy atom. The molecule has 1 aromatic carbocycles. The molecule has 3 aromatic rings. The van der Waals surface area contributed by atoms with Crippen LogP contribution in [-0.4, -0.2) is 98.0 Å². The molecule has 0 saturated carbocycles. The van der Waals surface area contributed by atoms with Crippen LogP contribution in [0.25, 0.3) is 0 Å². The quantitative estimate of drug-likeness (QED) is 0.229. The number of aromatic nitrogens is 4. The molecule has 6 rings (SSSR count). The lowest BCUT2D eigenvalue weighted by Crippen LogP contribution is -2.40. The molecule has 4 amide bonds. The van der Waals surface area contributed by atoms with Crippen LogP contribution < -0.4 is 10.6 Å². The molecule has 2 N–H and O–H groups in total. The predicted octanol–water partition coefficient (Wildman–Crippen LogP) is 4.32. The molecular formula is C31H34N8O6S3. The number of nitrogens with one attached hydrogen (secondary N) is 2. The second-order valence-electron chi connectivity index (χ2n) is 11.3. The fraction of sp³-hybridized carbons (Fsp3) is 0.419. The zero-order chi connectivity index (χ0) is 33.5. The Hall–Kier alpha value is -4.35. The molecule has 2 aliphatic heterocycles. The summed E-state index contributed by atoms with van der Waals surface area (Å²) in [6, 6.07) is 8.85. The van der Waals surface area contributed by atoms with Crippen molar-refractivity contribution < 1.29 is 28.7 Å². The van der Waals surface area contributed by atoms with E-state index in [4.69, 9.17) is 9.47 Å². The average molecular weight is 711 g/mol. The number of carbonyl (C=O) groups excluding carboxylic acids is 4. The molecule has 14 nitrogen and oxygen atoms in total. The Kier molecular flexibility index (Phi) is 11.0. The van der Waals surface area contributed by atoms with Gasteiger partial charge >= 0.3 is 12.2 Å². The summed E-state index contributed by atoms with van der Waals surface area (Å²) in [5.74, 6) is 1.23. The molecule has 2 aromatic heterocycles. The molecule has 1 unspecified atom stereocenters. The second kappa shape index (κ2) is 15.7. The summed E-state index contributed by atoms with van der Waals surface area (Å²) in [4.78, 5) is 52.9. The summed E-state index contributed by atoms with van der Waals surface area (Å²) in [6.07, 6.45) is 7.47. The lowest BCUT2D eigenvalue weighted by Gasteiger charge is -2.24. The first-order valence-corrected chi connectivity index (χ1v) is 18.2. The van der Waals surface area contributed by atoms with Gasteiger partial charge in [-0.3, -0.25) is 30.0 Å². The van der Waals surface area contributed by atoms with Crippen LogP contribution in [-0.2, 0) is 31.9 Å². The fourth-order valence-corrected chi connectivity index (χ4v) is 8.08. The van der Waals surface area contributed by atoms with Gasteiger partial charge in [-0.1, -0.05) is 78.2 Å². The van der Waals surface area contributed by atoms with Crippen molar-refractivity contribution >= 4 is 68.7 Å². The Morgan fingerprint density at radius 1 is 0.854 bits per heavy atom. The fourth-order valence-electron chi connectivity index (χ4n) is 5.43. The first kappa shape index (κ1) is 33.5. The zero-order valence-corrected chi connectivity index (χ0v) is 28.5. The van der Waals surface area contributed by atoms with Gasteiger partial charge in [-0.2, -0.15) is 11.8 Å². The van der Waals surface area contributed by atoms with Crippen molar-refractivity contribution in [3.05, 3.63) is 69.7 Å². The number of nitrogens with zero attached hydrogens (tertiary/aromatic N) is 6. The maximum absolute atomic E-state index is 12.8. The monoisotopic (exact) mass is 710 g/mol. The van der Waals surface area contributed by atoms with Crippen molar-refractivity contribution in [2.24, 2.45) is 5.92 Å². The highest BCUT2D eigenvalue weighted by Crippen LogP contribution is 2.28. The summed E-state index contributed by atoms with van der Waals surface area (Å²) in [5, 5.41) is 24.4. The number of thioether (sulfide) groups is 1. The van der Waals surface area contributed by atoms with Crippen molar-refractivity contribution in [3.63, 3.8) is 0 Å². The van der Waals surface area contributed by atoms with Crippen LogP contribution in [0.3, 0.4) is 0 Å². The van der Waals surface area contributed by atoms with Crippen LogP contribution in [0.2, 0.25) is 0 Å². The molecule has 17 heteroatoms. The molecule has 3 aliphatic rings. The normalized spacial score (nSPS) is 20.4. The van der Waals surface area contributed by atoms with E-state index in [-0.39, 0.29) is 50.2 Å². The second-order valence-corrected chi connectivity index (χ2v) is 14.7. The van der Waals surface area contributed by atoms with E-state index < -0.39 is 12.2 Å². The number of hydrogen-bond acceptors (Lipinski definition) is 13. The molecule has 2 saturated heterocycles. The zero-order valence-electron chi connectivity index (χ0n) is 26.1. The standard InChI is InChI=1S/C31H34N8O6S3/c1-19-6-5-9-21(14-19)23-18-45-31(43)39(23)16-25(41)33-29-37-35-27(48-29)11-13-46-12-10-26-34-36-28(47-26)32-24(40)15-38-22(17-44-30(38)42)20-7-3-2-4-8-20/h2-5,7-9,14,19,22-23H,6,10-13,15-18H2,1H3,(H,32,36,40)(H,33,37,41)/t19?,22-,23-/m1/s1. The Morgan fingerprint density at radius 2 is 1.42 bits per heavy atom. The Balaban J connectivity index is 0.888. The van der Waals surface area contributed by atoms with Gasteiger partial charge < -0.3 is 9.47 Å². The van der Waals surface area contributed by atoms with Crippen LogP contribution in [0.4, 0.5) is 19.9 Å². The van der Waals surface area contributed by atoms with E-state index in [1.807, 2.05) is 36.4 Å². The van der Waals surface area contributed by atoms with Gasteiger partial charge in [-0.05, 0) is 35.0 Å². The van der Waals surface area contributed by atoms with Crippen molar-refractivity contribution in [2.45, 2.75) is 38.3 Å². The number of anilines is 2. The van der Waals surface area contributed by atoms with Gasteiger partial charge in [0.2, 0.25) is 22.1 Å². The average Bonchev–Trinajstić information content (AvgIpc) is 3.87.